The van der Waals surface area contributed by atoms with Crippen molar-refractivity contribution in [1.29, 1.82) is 0 Å². The Morgan fingerprint density at radius 1 is 0.652 bits per heavy atom. The Hall–Kier alpha value is -5.98. The second-order valence-corrected chi connectivity index (χ2v) is 12.5. The topological polar surface area (TPSA) is 13.1 Å². The van der Waals surface area contributed by atoms with Gasteiger partial charge in [0.05, 0.1) is 33.8 Å². The molecule has 1 aliphatic carbocycles. The van der Waals surface area contributed by atoms with Crippen LogP contribution in [0.15, 0.2) is 169 Å². The van der Waals surface area contributed by atoms with Gasteiger partial charge >= 0.3 is 0 Å². The van der Waals surface area contributed by atoms with E-state index >= 15 is 0 Å². The van der Waals surface area contributed by atoms with Crippen LogP contribution in [0.5, 0.6) is 0 Å². The molecule has 0 N–H and O–H groups in total. The van der Waals surface area contributed by atoms with Crippen molar-refractivity contribution in [3.8, 4) is 22.6 Å². The van der Waals surface area contributed by atoms with Gasteiger partial charge in [0, 0.05) is 39.3 Å². The molecular weight excluding hydrogens is 558 g/mol. The number of hydrogen-bond acceptors (Lipinski definition) is 1. The Morgan fingerprint density at radius 2 is 1.35 bits per heavy atom. The van der Waals surface area contributed by atoms with Crippen LogP contribution in [-0.4, -0.2) is 9.13 Å². The molecule has 0 spiro atoms. The molecule has 5 aromatic carbocycles. The summed E-state index contributed by atoms with van der Waals surface area (Å²) in [5.41, 5.74) is 19.2. The van der Waals surface area contributed by atoms with Gasteiger partial charge in [-0.15, -0.1) is 0 Å². The zero-order valence-electron chi connectivity index (χ0n) is 25.8. The predicted octanol–water partition coefficient (Wildman–Crippen LogP) is 10.8. The largest absolute Gasteiger partial charge is 0.310 e. The molecule has 3 heterocycles. The van der Waals surface area contributed by atoms with Crippen LogP contribution in [0.4, 0.5) is 11.4 Å². The molecule has 0 saturated carbocycles. The molecule has 0 amide bonds. The van der Waals surface area contributed by atoms with Gasteiger partial charge in [0.2, 0.25) is 0 Å². The van der Waals surface area contributed by atoms with Crippen molar-refractivity contribution in [3.05, 3.63) is 180 Å². The molecule has 0 radical (unpaired) electrons. The maximum atomic E-state index is 3.17. The van der Waals surface area contributed by atoms with Gasteiger partial charge < -0.3 is 14.0 Å². The summed E-state index contributed by atoms with van der Waals surface area (Å²) in [6.07, 6.45) is 6.03. The summed E-state index contributed by atoms with van der Waals surface area (Å²) < 4.78 is 5.02. The number of aromatic nitrogens is 2. The highest BCUT2D eigenvalue weighted by atomic mass is 15.2. The molecule has 2 aromatic heterocycles. The molecular formula is C43H31N3. The van der Waals surface area contributed by atoms with Crippen LogP contribution in [0.25, 0.3) is 44.4 Å². The lowest BCUT2D eigenvalue weighted by Crippen LogP contribution is -2.16. The van der Waals surface area contributed by atoms with Gasteiger partial charge in [0.15, 0.2) is 0 Å². The highest BCUT2D eigenvalue weighted by Crippen LogP contribution is 2.54. The first kappa shape index (κ1) is 26.4. The molecule has 9 rings (SSSR count). The van der Waals surface area contributed by atoms with Crippen LogP contribution in [0.3, 0.4) is 0 Å². The second kappa shape index (κ2) is 10.0. The molecule has 7 aromatic rings. The lowest BCUT2D eigenvalue weighted by molar-refractivity contribution is 0.646. The van der Waals surface area contributed by atoms with E-state index in [1.807, 2.05) is 12.2 Å². The van der Waals surface area contributed by atoms with Crippen LogP contribution < -0.4 is 4.90 Å². The first-order valence-electron chi connectivity index (χ1n) is 15.8. The lowest BCUT2D eigenvalue weighted by atomic mass is 9.83. The van der Waals surface area contributed by atoms with Gasteiger partial charge in [-0.1, -0.05) is 110 Å². The molecule has 0 unspecified atom stereocenters. The number of anilines is 2. The maximum absolute atomic E-state index is 3.17. The van der Waals surface area contributed by atoms with Gasteiger partial charge in [-0.2, -0.15) is 0 Å². The first-order valence-corrected chi connectivity index (χ1v) is 15.8. The fraction of sp³-hybridized carbons (Fsp3) is 0.0698. The highest BCUT2D eigenvalue weighted by molar-refractivity contribution is 6.18. The number of allylic oxidation sites excluding steroid dienone is 3. The van der Waals surface area contributed by atoms with Crippen molar-refractivity contribution in [2.75, 3.05) is 4.90 Å². The van der Waals surface area contributed by atoms with Crippen molar-refractivity contribution in [2.45, 2.75) is 19.3 Å². The van der Waals surface area contributed by atoms with Gasteiger partial charge in [-0.3, -0.25) is 0 Å². The fourth-order valence-electron chi connectivity index (χ4n) is 7.57. The molecule has 3 nitrogen and oxygen atoms in total. The number of hydrogen-bond donors (Lipinski definition) is 0. The number of fused-ring (bicyclic) bond motifs is 7. The van der Waals surface area contributed by atoms with E-state index in [1.165, 1.54) is 50.0 Å². The van der Waals surface area contributed by atoms with Crippen LogP contribution in [-0.2, 0) is 5.41 Å². The Balaban J connectivity index is 1.45. The van der Waals surface area contributed by atoms with Crippen LogP contribution in [0.2, 0.25) is 0 Å². The van der Waals surface area contributed by atoms with E-state index in [4.69, 9.17) is 0 Å². The summed E-state index contributed by atoms with van der Waals surface area (Å²) in [5.74, 6) is 0. The van der Waals surface area contributed by atoms with Crippen molar-refractivity contribution in [3.63, 3.8) is 0 Å². The summed E-state index contributed by atoms with van der Waals surface area (Å²) in [5, 5.41) is 2.49. The Bertz CT molecular complexity index is 2440. The number of para-hydroxylation sites is 3. The quantitative estimate of drug-likeness (QED) is 0.182. The monoisotopic (exact) mass is 589 g/mol. The molecule has 0 atom stereocenters. The van der Waals surface area contributed by atoms with Crippen LogP contribution in [0, 0.1) is 0 Å². The number of benzene rings is 5. The summed E-state index contributed by atoms with van der Waals surface area (Å²) in [7, 11) is 0. The minimum absolute atomic E-state index is 0.210. The normalized spacial score (nSPS) is 14.1. The molecule has 3 heteroatoms. The zero-order chi connectivity index (χ0) is 30.8. The van der Waals surface area contributed by atoms with Gasteiger partial charge in [-0.05, 0) is 71.8 Å². The summed E-state index contributed by atoms with van der Waals surface area (Å²) in [6.45, 7) is 4.74. The van der Waals surface area contributed by atoms with E-state index < -0.39 is 0 Å². The number of rotatable bonds is 5. The first-order chi connectivity index (χ1) is 22.6. The van der Waals surface area contributed by atoms with E-state index in [1.54, 1.807) is 0 Å². The average Bonchev–Trinajstić information content (AvgIpc) is 3.70. The van der Waals surface area contributed by atoms with Crippen LogP contribution in [0.1, 0.15) is 25.1 Å². The van der Waals surface area contributed by atoms with Gasteiger partial charge in [-0.25, -0.2) is 0 Å². The third-order valence-electron chi connectivity index (χ3n) is 9.50. The molecule has 0 saturated heterocycles. The molecule has 0 fully saturated rings. The second-order valence-electron chi connectivity index (χ2n) is 12.5. The molecule has 0 bridgehead atoms. The predicted molar refractivity (Wildman–Crippen MR) is 191 cm³/mol. The third-order valence-corrected chi connectivity index (χ3v) is 9.50. The minimum Gasteiger partial charge on any atom is -0.310 e. The summed E-state index contributed by atoms with van der Waals surface area (Å²) in [6, 6.07) is 48.1. The average molecular weight is 590 g/mol. The minimum atomic E-state index is -0.210. The number of nitrogens with zero attached hydrogens (tertiary/aromatic N) is 3. The smallest absolute Gasteiger partial charge is 0.0770 e. The maximum Gasteiger partial charge on any atom is 0.0770 e. The Labute approximate surface area is 268 Å². The molecule has 1 aliphatic heterocycles. The third kappa shape index (κ3) is 3.74. The molecule has 2 aliphatic rings. The fourth-order valence-corrected chi connectivity index (χ4v) is 7.57. The Morgan fingerprint density at radius 3 is 2.09 bits per heavy atom. The summed E-state index contributed by atoms with van der Waals surface area (Å²) >= 11 is 0. The molecule has 218 valence electrons. The van der Waals surface area contributed by atoms with Crippen molar-refractivity contribution < 1.29 is 0 Å². The molecule has 46 heavy (non-hydrogen) atoms. The van der Waals surface area contributed by atoms with Gasteiger partial charge in [0.1, 0.15) is 0 Å². The van der Waals surface area contributed by atoms with Gasteiger partial charge in [0.25, 0.3) is 0 Å². The standard InChI is InChI=1S/C43H31N3/c1-43(2)36-25-15-16-26-38(36)46-40(30-17-7-3-8-18-30)39-35-29-34(44(31-19-9-4-10-20-31)32-21-11-5-12-22-32)27-28-37(35)45(41(39)42(43)46)33-23-13-6-14-24-33/h3-4,6-11,13-29H,1-2H3. The van der Waals surface area contributed by atoms with E-state index in [-0.39, 0.29) is 5.41 Å². The SMILES string of the molecule is CC1(C)c2ccccc2-n2c(-c3ccccc3)c3c4cc(N(C5=CC=C=C=C5)c5ccccc5)ccc4n(-c4ccccc4)c3c21. The van der Waals surface area contributed by atoms with Crippen LogP contribution >= 0.6 is 0 Å². The van der Waals surface area contributed by atoms with Crippen molar-refractivity contribution in [1.82, 2.24) is 9.13 Å². The van der Waals surface area contributed by atoms with Crippen molar-refractivity contribution in [2.24, 2.45) is 0 Å². The van der Waals surface area contributed by atoms with E-state index in [0.717, 1.165) is 22.8 Å². The van der Waals surface area contributed by atoms with E-state index in [2.05, 4.69) is 179 Å². The summed E-state index contributed by atoms with van der Waals surface area (Å²) in [4.78, 5) is 2.31. The Kier molecular flexibility index (Phi) is 5.76. The van der Waals surface area contributed by atoms with E-state index in [9.17, 15) is 0 Å². The highest BCUT2D eigenvalue weighted by Gasteiger charge is 2.42. The zero-order valence-corrected chi connectivity index (χ0v) is 25.8. The van der Waals surface area contributed by atoms with E-state index in [0.29, 0.717) is 0 Å². The lowest BCUT2D eigenvalue weighted by Gasteiger charge is -2.26. The van der Waals surface area contributed by atoms with Crippen molar-refractivity contribution >= 4 is 33.2 Å².